The Balaban J connectivity index is 2.99. The summed E-state index contributed by atoms with van der Waals surface area (Å²) in [7, 11) is 1.38. The number of esters is 1. The highest BCUT2D eigenvalue weighted by atomic mass is 16.5. The molecule has 0 aliphatic carbocycles. The molecule has 0 bridgehead atoms. The first-order chi connectivity index (χ1) is 9.40. The van der Waals surface area contributed by atoms with Crippen molar-refractivity contribution >= 4 is 5.97 Å². The minimum absolute atomic E-state index is 0.231. The molecule has 0 amide bonds. The first-order valence-corrected chi connectivity index (χ1v) is 6.60. The fourth-order valence-corrected chi connectivity index (χ4v) is 2.00. The van der Waals surface area contributed by atoms with Crippen LogP contribution in [-0.4, -0.2) is 18.2 Å². The number of carbonyl (C=O) groups excluding carboxylic acids is 1. The van der Waals surface area contributed by atoms with Crippen molar-refractivity contribution in [1.29, 1.82) is 0 Å². The zero-order valence-electron chi connectivity index (χ0n) is 12.3. The summed E-state index contributed by atoms with van der Waals surface area (Å²) in [5, 5.41) is 10.0. The monoisotopic (exact) mass is 274 g/mol. The lowest BCUT2D eigenvalue weighted by Crippen LogP contribution is -2.14. The lowest BCUT2D eigenvalue weighted by molar-refractivity contribution is -0.140. The number of benzene rings is 1. The molecule has 0 atom stereocenters. The van der Waals surface area contributed by atoms with Gasteiger partial charge < -0.3 is 9.84 Å². The van der Waals surface area contributed by atoms with E-state index in [1.165, 1.54) is 7.11 Å². The van der Waals surface area contributed by atoms with Gasteiger partial charge in [0, 0.05) is 17.4 Å². The highest BCUT2D eigenvalue weighted by Gasteiger charge is 2.21. The molecular weight excluding hydrogens is 252 g/mol. The number of hydrogen-bond donors (Lipinski definition) is 1. The predicted molar refractivity (Wildman–Crippen MR) is 80.8 cm³/mol. The largest absolute Gasteiger partial charge is 0.508 e. The van der Waals surface area contributed by atoms with Crippen LogP contribution in [0.25, 0.3) is 0 Å². The Morgan fingerprint density at radius 3 is 2.75 bits per heavy atom. The molecule has 0 spiro atoms. The number of phenols is 1. The van der Waals surface area contributed by atoms with Crippen LogP contribution in [0.4, 0.5) is 0 Å². The van der Waals surface area contributed by atoms with Gasteiger partial charge in [-0.2, -0.15) is 0 Å². The molecule has 1 aromatic carbocycles. The van der Waals surface area contributed by atoms with E-state index in [9.17, 15) is 9.90 Å². The molecule has 108 valence electrons. The molecule has 0 saturated heterocycles. The molecule has 0 radical (unpaired) electrons. The minimum atomic E-state index is -0.306. The van der Waals surface area contributed by atoms with E-state index in [4.69, 9.17) is 0 Å². The predicted octanol–water partition coefficient (Wildman–Crippen LogP) is 3.52. The van der Waals surface area contributed by atoms with Crippen molar-refractivity contribution in [2.24, 2.45) is 0 Å². The lowest BCUT2D eigenvalue weighted by atomic mass is 9.82. The van der Waals surface area contributed by atoms with Crippen LogP contribution < -0.4 is 0 Å². The Bertz CT molecular complexity index is 513. The zero-order valence-corrected chi connectivity index (χ0v) is 12.3. The Labute approximate surface area is 120 Å². The van der Waals surface area contributed by atoms with E-state index in [1.807, 2.05) is 38.1 Å². The van der Waals surface area contributed by atoms with Gasteiger partial charge in [0.25, 0.3) is 0 Å². The third kappa shape index (κ3) is 4.26. The minimum Gasteiger partial charge on any atom is -0.508 e. The van der Waals surface area contributed by atoms with Crippen LogP contribution in [-0.2, 0) is 21.4 Å². The van der Waals surface area contributed by atoms with Crippen LogP contribution in [0.2, 0.25) is 0 Å². The smallest absolute Gasteiger partial charge is 0.305 e. The molecule has 0 heterocycles. The Morgan fingerprint density at radius 2 is 2.15 bits per heavy atom. The lowest BCUT2D eigenvalue weighted by Gasteiger charge is -2.23. The number of methoxy groups -OCH3 is 1. The molecule has 0 aromatic heterocycles. The second-order valence-electron chi connectivity index (χ2n) is 5.24. The van der Waals surface area contributed by atoms with E-state index in [0.717, 1.165) is 11.1 Å². The van der Waals surface area contributed by atoms with Crippen molar-refractivity contribution in [2.75, 3.05) is 7.11 Å². The van der Waals surface area contributed by atoms with Gasteiger partial charge in [0.1, 0.15) is 5.75 Å². The van der Waals surface area contributed by atoms with E-state index in [2.05, 4.69) is 11.3 Å². The van der Waals surface area contributed by atoms with Crippen molar-refractivity contribution in [3.8, 4) is 5.75 Å². The molecule has 0 aliphatic rings. The maximum atomic E-state index is 11.2. The topological polar surface area (TPSA) is 46.5 Å². The molecule has 3 heteroatoms. The number of rotatable bonds is 6. The van der Waals surface area contributed by atoms with Gasteiger partial charge in [-0.15, -0.1) is 0 Å². The van der Waals surface area contributed by atoms with Gasteiger partial charge in [-0.1, -0.05) is 50.8 Å². The van der Waals surface area contributed by atoms with Crippen LogP contribution >= 0.6 is 0 Å². The van der Waals surface area contributed by atoms with Crippen LogP contribution in [0.5, 0.6) is 5.75 Å². The van der Waals surface area contributed by atoms with E-state index in [-0.39, 0.29) is 17.1 Å². The maximum absolute atomic E-state index is 11.2. The van der Waals surface area contributed by atoms with Crippen molar-refractivity contribution in [2.45, 2.75) is 32.1 Å². The molecule has 1 rings (SSSR count). The van der Waals surface area contributed by atoms with Crippen LogP contribution in [0.15, 0.2) is 43.0 Å². The van der Waals surface area contributed by atoms with E-state index in [0.29, 0.717) is 12.8 Å². The molecule has 3 nitrogen and oxygen atoms in total. The Hall–Kier alpha value is -2.03. The molecule has 0 fully saturated rings. The average molecular weight is 274 g/mol. The van der Waals surface area contributed by atoms with Gasteiger partial charge in [0.2, 0.25) is 0 Å². The highest BCUT2D eigenvalue weighted by molar-refractivity contribution is 5.69. The van der Waals surface area contributed by atoms with Crippen molar-refractivity contribution in [1.82, 2.24) is 0 Å². The van der Waals surface area contributed by atoms with Gasteiger partial charge in [-0.05, 0) is 18.1 Å². The standard InChI is InChI=1S/C17H22O3/c1-5-6-11-17(2,3)14-12-13(7-9-15(14)18)8-10-16(19)20-4/h5-7,9,11-12,18H,1,8,10H2,2-4H3. The second kappa shape index (κ2) is 6.94. The zero-order chi connectivity index (χ0) is 15.2. The second-order valence-corrected chi connectivity index (χ2v) is 5.24. The molecular formula is C17H22O3. The third-order valence-electron chi connectivity index (χ3n) is 3.25. The fraction of sp³-hybridized carbons (Fsp3) is 0.353. The number of hydrogen-bond acceptors (Lipinski definition) is 3. The summed E-state index contributed by atoms with van der Waals surface area (Å²) in [6.45, 7) is 7.69. The van der Waals surface area contributed by atoms with E-state index in [1.54, 1.807) is 12.1 Å². The summed E-state index contributed by atoms with van der Waals surface area (Å²) in [6, 6.07) is 5.44. The van der Waals surface area contributed by atoms with E-state index < -0.39 is 0 Å². The Kier molecular flexibility index (Phi) is 5.56. The average Bonchev–Trinajstić information content (AvgIpc) is 2.43. The number of phenolic OH excluding ortho intramolecular Hbond substituents is 1. The molecule has 1 aromatic rings. The molecule has 0 unspecified atom stereocenters. The fourth-order valence-electron chi connectivity index (χ4n) is 2.00. The number of allylic oxidation sites excluding steroid dienone is 3. The van der Waals surface area contributed by atoms with Gasteiger partial charge in [-0.25, -0.2) is 0 Å². The quantitative estimate of drug-likeness (QED) is 0.637. The van der Waals surface area contributed by atoms with Crippen molar-refractivity contribution in [3.05, 3.63) is 54.1 Å². The third-order valence-corrected chi connectivity index (χ3v) is 3.25. The summed E-state index contributed by atoms with van der Waals surface area (Å²) < 4.78 is 4.64. The van der Waals surface area contributed by atoms with Gasteiger partial charge >= 0.3 is 5.97 Å². The summed E-state index contributed by atoms with van der Waals surface area (Å²) in [6.07, 6.45) is 6.49. The Morgan fingerprint density at radius 1 is 1.45 bits per heavy atom. The number of ether oxygens (including phenoxy) is 1. The number of aryl methyl sites for hydroxylation is 1. The van der Waals surface area contributed by atoms with Crippen LogP contribution in [0, 0.1) is 0 Å². The number of aromatic hydroxyl groups is 1. The molecule has 20 heavy (non-hydrogen) atoms. The van der Waals surface area contributed by atoms with Crippen molar-refractivity contribution < 1.29 is 14.6 Å². The first-order valence-electron chi connectivity index (χ1n) is 6.60. The van der Waals surface area contributed by atoms with Crippen LogP contribution in [0.1, 0.15) is 31.4 Å². The first kappa shape index (κ1) is 16.0. The summed E-state index contributed by atoms with van der Waals surface area (Å²) >= 11 is 0. The van der Waals surface area contributed by atoms with Gasteiger partial charge in [0.15, 0.2) is 0 Å². The summed E-state index contributed by atoms with van der Waals surface area (Å²) in [5.74, 6) is 0.0240. The normalized spacial score (nSPS) is 11.6. The highest BCUT2D eigenvalue weighted by Crippen LogP contribution is 2.33. The summed E-state index contributed by atoms with van der Waals surface area (Å²) in [5.41, 5.74) is 1.53. The molecule has 0 aliphatic heterocycles. The SMILES string of the molecule is C=CC=CC(C)(C)c1cc(CCC(=O)OC)ccc1O. The summed E-state index contributed by atoms with van der Waals surface area (Å²) in [4.78, 5) is 11.2. The van der Waals surface area contributed by atoms with Crippen molar-refractivity contribution in [3.63, 3.8) is 0 Å². The molecule has 0 saturated carbocycles. The van der Waals surface area contributed by atoms with Gasteiger partial charge in [-0.3, -0.25) is 4.79 Å². The van der Waals surface area contributed by atoms with E-state index >= 15 is 0 Å². The molecule has 1 N–H and O–H groups in total. The maximum Gasteiger partial charge on any atom is 0.305 e. The number of carbonyl (C=O) groups is 1. The van der Waals surface area contributed by atoms with Gasteiger partial charge in [0.05, 0.1) is 7.11 Å². The van der Waals surface area contributed by atoms with Crippen LogP contribution in [0.3, 0.4) is 0 Å².